The first-order valence-corrected chi connectivity index (χ1v) is 6.23. The van der Waals surface area contributed by atoms with E-state index >= 15 is 0 Å². The first-order chi connectivity index (χ1) is 10.4. The zero-order valence-electron chi connectivity index (χ0n) is 11.3. The Morgan fingerprint density at radius 2 is 1.86 bits per heavy atom. The smallest absolute Gasteiger partial charge is 0.416 e. The molecular weight excluding hydrogens is 297 g/mol. The number of hydrogen-bond donors (Lipinski definition) is 0. The molecule has 0 fully saturated rings. The van der Waals surface area contributed by atoms with Gasteiger partial charge in [-0.05, 0) is 25.1 Å². The highest BCUT2D eigenvalue weighted by Crippen LogP contribution is 2.33. The lowest BCUT2D eigenvalue weighted by molar-refractivity contribution is -0.137. The van der Waals surface area contributed by atoms with Crippen LogP contribution in [0.15, 0.2) is 41.2 Å². The van der Waals surface area contributed by atoms with E-state index in [1.807, 2.05) is 0 Å². The van der Waals surface area contributed by atoms with Gasteiger partial charge < -0.3 is 4.42 Å². The third-order valence-corrected chi connectivity index (χ3v) is 2.98. The molecule has 8 heteroatoms. The van der Waals surface area contributed by atoms with Gasteiger partial charge in [0, 0.05) is 24.3 Å². The fourth-order valence-electron chi connectivity index (χ4n) is 1.84. The molecule has 112 valence electrons. The highest BCUT2D eigenvalue weighted by molar-refractivity contribution is 5.59. The zero-order valence-corrected chi connectivity index (χ0v) is 11.3. The van der Waals surface area contributed by atoms with E-state index in [1.165, 1.54) is 6.20 Å². The fraction of sp³-hybridized carbons (Fsp3) is 0.143. The Morgan fingerprint density at radius 3 is 2.55 bits per heavy atom. The summed E-state index contributed by atoms with van der Waals surface area (Å²) in [7, 11) is 0. The predicted molar refractivity (Wildman–Crippen MR) is 70.5 cm³/mol. The number of rotatable bonds is 2. The summed E-state index contributed by atoms with van der Waals surface area (Å²) in [5.41, 5.74) is 0.236. The minimum Gasteiger partial charge on any atom is -0.416 e. The van der Waals surface area contributed by atoms with Gasteiger partial charge in [0.05, 0.1) is 16.7 Å². The molecule has 0 spiro atoms. The van der Waals surface area contributed by atoms with E-state index in [9.17, 15) is 13.2 Å². The molecule has 0 unspecified atom stereocenters. The average Bonchev–Trinajstić information content (AvgIpc) is 2.97. The van der Waals surface area contributed by atoms with Gasteiger partial charge in [0.2, 0.25) is 11.8 Å². The standard InChI is InChI=1S/C14H9F3N4O/c1-8-11(5-10(7-19-8)14(15,16)17)13-21-20-12(22-13)9-3-2-4-18-6-9/h2-7H,1H3. The molecule has 3 rings (SSSR count). The van der Waals surface area contributed by atoms with Gasteiger partial charge in [-0.25, -0.2) is 0 Å². The van der Waals surface area contributed by atoms with Crippen LogP contribution in [0.25, 0.3) is 22.9 Å². The number of nitrogens with zero attached hydrogens (tertiary/aromatic N) is 4. The van der Waals surface area contributed by atoms with Crippen LogP contribution < -0.4 is 0 Å². The first kappa shape index (κ1) is 14.2. The monoisotopic (exact) mass is 306 g/mol. The number of halogens is 3. The maximum Gasteiger partial charge on any atom is 0.417 e. The van der Waals surface area contributed by atoms with Gasteiger partial charge in [0.1, 0.15) is 0 Å². The van der Waals surface area contributed by atoms with E-state index in [-0.39, 0.29) is 17.3 Å². The van der Waals surface area contributed by atoms with Crippen LogP contribution in [0.5, 0.6) is 0 Å². The van der Waals surface area contributed by atoms with Crippen LogP contribution in [0.2, 0.25) is 0 Å². The Kier molecular flexibility index (Phi) is 3.36. The minimum atomic E-state index is -4.48. The molecule has 0 aliphatic heterocycles. The molecule has 0 radical (unpaired) electrons. The molecule has 0 atom stereocenters. The lowest BCUT2D eigenvalue weighted by Crippen LogP contribution is -2.06. The molecule has 0 bridgehead atoms. The summed E-state index contributed by atoms with van der Waals surface area (Å²) in [5, 5.41) is 7.63. The highest BCUT2D eigenvalue weighted by atomic mass is 19.4. The van der Waals surface area contributed by atoms with E-state index in [1.54, 1.807) is 25.3 Å². The molecule has 0 amide bonds. The SMILES string of the molecule is Cc1ncc(C(F)(F)F)cc1-c1nnc(-c2cccnc2)o1. The van der Waals surface area contributed by atoms with E-state index in [0.717, 1.165) is 12.3 Å². The van der Waals surface area contributed by atoms with Gasteiger partial charge in [-0.1, -0.05) is 0 Å². The second-order valence-corrected chi connectivity index (χ2v) is 4.51. The molecule has 3 aromatic heterocycles. The van der Waals surface area contributed by atoms with Crippen molar-refractivity contribution < 1.29 is 17.6 Å². The number of aromatic nitrogens is 4. The third-order valence-electron chi connectivity index (χ3n) is 2.98. The van der Waals surface area contributed by atoms with Crippen molar-refractivity contribution in [3.05, 3.63) is 48.0 Å². The summed E-state index contributed by atoms with van der Waals surface area (Å²) in [6.07, 6.45) is -0.602. The number of aryl methyl sites for hydroxylation is 1. The minimum absolute atomic E-state index is 0.0186. The number of pyridine rings is 2. The third kappa shape index (κ3) is 2.67. The predicted octanol–water partition coefficient (Wildman–Crippen LogP) is 3.52. The van der Waals surface area contributed by atoms with Gasteiger partial charge in [0.15, 0.2) is 0 Å². The van der Waals surface area contributed by atoms with Gasteiger partial charge in [0.25, 0.3) is 0 Å². The Morgan fingerprint density at radius 1 is 1.09 bits per heavy atom. The summed E-state index contributed by atoms with van der Waals surface area (Å²) in [5.74, 6) is 0.162. The molecule has 0 N–H and O–H groups in total. The lowest BCUT2D eigenvalue weighted by Gasteiger charge is -2.08. The summed E-state index contributed by atoms with van der Waals surface area (Å²) >= 11 is 0. The Labute approximate surface area is 122 Å². The Hall–Kier alpha value is -2.77. The van der Waals surface area contributed by atoms with Crippen molar-refractivity contribution in [1.29, 1.82) is 0 Å². The van der Waals surface area contributed by atoms with E-state index in [0.29, 0.717) is 11.3 Å². The van der Waals surface area contributed by atoms with Gasteiger partial charge in [-0.2, -0.15) is 13.2 Å². The van der Waals surface area contributed by atoms with Crippen molar-refractivity contribution in [2.24, 2.45) is 0 Å². The molecule has 3 aromatic rings. The summed E-state index contributed by atoms with van der Waals surface area (Å²) in [4.78, 5) is 7.66. The van der Waals surface area contributed by atoms with Crippen LogP contribution in [0.4, 0.5) is 13.2 Å². The molecular formula is C14H9F3N4O. The summed E-state index contributed by atoms with van der Waals surface area (Å²) in [6.45, 7) is 1.57. The summed E-state index contributed by atoms with van der Waals surface area (Å²) in [6, 6.07) is 4.35. The topological polar surface area (TPSA) is 64.7 Å². The van der Waals surface area contributed by atoms with Crippen LogP contribution in [0, 0.1) is 6.92 Å². The van der Waals surface area contributed by atoms with Crippen LogP contribution in [-0.2, 0) is 6.18 Å². The molecule has 0 saturated carbocycles. The van der Waals surface area contributed by atoms with Crippen molar-refractivity contribution in [2.45, 2.75) is 13.1 Å². The van der Waals surface area contributed by atoms with E-state index in [2.05, 4.69) is 20.2 Å². The largest absolute Gasteiger partial charge is 0.417 e. The molecule has 0 aromatic carbocycles. The van der Waals surface area contributed by atoms with Crippen LogP contribution in [-0.4, -0.2) is 20.2 Å². The van der Waals surface area contributed by atoms with Crippen LogP contribution >= 0.6 is 0 Å². The molecule has 0 saturated heterocycles. The van der Waals surface area contributed by atoms with Crippen molar-refractivity contribution in [1.82, 2.24) is 20.2 Å². The van der Waals surface area contributed by atoms with Crippen molar-refractivity contribution in [3.63, 3.8) is 0 Å². The lowest BCUT2D eigenvalue weighted by atomic mass is 10.1. The van der Waals surface area contributed by atoms with Gasteiger partial charge in [-0.3, -0.25) is 9.97 Å². The Bertz CT molecular complexity index is 799. The van der Waals surface area contributed by atoms with Crippen molar-refractivity contribution in [3.8, 4) is 22.9 Å². The maximum atomic E-state index is 12.8. The molecule has 5 nitrogen and oxygen atoms in total. The maximum absolute atomic E-state index is 12.8. The van der Waals surface area contributed by atoms with Gasteiger partial charge in [-0.15, -0.1) is 10.2 Å². The normalized spacial score (nSPS) is 11.6. The Balaban J connectivity index is 2.04. The fourth-order valence-corrected chi connectivity index (χ4v) is 1.84. The average molecular weight is 306 g/mol. The molecule has 22 heavy (non-hydrogen) atoms. The van der Waals surface area contributed by atoms with Crippen LogP contribution in [0.3, 0.4) is 0 Å². The zero-order chi connectivity index (χ0) is 15.7. The molecule has 0 aliphatic rings. The second kappa shape index (κ2) is 5.21. The van der Waals surface area contributed by atoms with Gasteiger partial charge >= 0.3 is 6.18 Å². The number of hydrogen-bond acceptors (Lipinski definition) is 5. The van der Waals surface area contributed by atoms with E-state index < -0.39 is 11.7 Å². The highest BCUT2D eigenvalue weighted by Gasteiger charge is 2.32. The number of alkyl halides is 3. The molecule has 0 aliphatic carbocycles. The second-order valence-electron chi connectivity index (χ2n) is 4.51. The summed E-state index contributed by atoms with van der Waals surface area (Å²) < 4.78 is 43.7. The van der Waals surface area contributed by atoms with E-state index in [4.69, 9.17) is 4.42 Å². The van der Waals surface area contributed by atoms with Crippen molar-refractivity contribution >= 4 is 0 Å². The van der Waals surface area contributed by atoms with Crippen LogP contribution in [0.1, 0.15) is 11.3 Å². The molecule has 3 heterocycles. The van der Waals surface area contributed by atoms with Crippen molar-refractivity contribution in [2.75, 3.05) is 0 Å². The first-order valence-electron chi connectivity index (χ1n) is 6.23. The quantitative estimate of drug-likeness (QED) is 0.724.